The van der Waals surface area contributed by atoms with E-state index in [0.717, 1.165) is 49.9 Å². The lowest BCUT2D eigenvalue weighted by atomic mass is 9.45. The van der Waals surface area contributed by atoms with Crippen molar-refractivity contribution in [2.45, 2.75) is 77.7 Å². The van der Waals surface area contributed by atoms with Crippen LogP contribution < -0.4 is 0 Å². The number of rotatable bonds is 0. The molecule has 4 rings (SSSR count). The second-order valence-corrected chi connectivity index (χ2v) is 9.00. The predicted molar refractivity (Wildman–Crippen MR) is 82.7 cm³/mol. The summed E-state index contributed by atoms with van der Waals surface area (Å²) in [4.78, 5) is 12.4. The van der Waals surface area contributed by atoms with Gasteiger partial charge in [-0.15, -0.1) is 0 Å². The summed E-state index contributed by atoms with van der Waals surface area (Å²) in [6, 6.07) is 0. The number of hydrogen-bond acceptors (Lipinski definition) is 2. The van der Waals surface area contributed by atoms with Crippen LogP contribution in [0.5, 0.6) is 0 Å². The van der Waals surface area contributed by atoms with E-state index in [-0.39, 0.29) is 11.5 Å². The molecular weight excluding hydrogens is 260 g/mol. The second-order valence-electron chi connectivity index (χ2n) is 9.00. The Balaban J connectivity index is 1.64. The Kier molecular flexibility index (Phi) is 3.10. The van der Waals surface area contributed by atoms with E-state index in [1.807, 2.05) is 0 Å². The summed E-state index contributed by atoms with van der Waals surface area (Å²) in [6.07, 6.45) is 10.1. The van der Waals surface area contributed by atoms with Gasteiger partial charge >= 0.3 is 0 Å². The first-order valence-electron chi connectivity index (χ1n) is 9.16. The Morgan fingerprint density at radius 1 is 1.00 bits per heavy atom. The molecule has 0 amide bonds. The number of aliphatic hydroxyl groups excluding tert-OH is 1. The van der Waals surface area contributed by atoms with Gasteiger partial charge in [-0.1, -0.05) is 13.8 Å². The maximum atomic E-state index is 12.4. The average molecular weight is 290 g/mol. The van der Waals surface area contributed by atoms with E-state index in [2.05, 4.69) is 13.8 Å². The molecule has 2 nitrogen and oxygen atoms in total. The molecule has 0 aromatic carbocycles. The van der Waals surface area contributed by atoms with E-state index in [1.54, 1.807) is 0 Å². The van der Waals surface area contributed by atoms with Gasteiger partial charge in [0.15, 0.2) is 0 Å². The number of fused-ring (bicyclic) bond motifs is 5. The van der Waals surface area contributed by atoms with Crippen LogP contribution in [0.1, 0.15) is 71.6 Å². The molecule has 1 unspecified atom stereocenters. The van der Waals surface area contributed by atoms with Gasteiger partial charge in [0.05, 0.1) is 6.10 Å². The summed E-state index contributed by atoms with van der Waals surface area (Å²) < 4.78 is 0. The Hall–Kier alpha value is -0.370. The van der Waals surface area contributed by atoms with Crippen LogP contribution >= 0.6 is 0 Å². The molecule has 0 bridgehead atoms. The van der Waals surface area contributed by atoms with Gasteiger partial charge in [0, 0.05) is 11.8 Å². The molecule has 1 N–H and O–H groups in total. The summed E-state index contributed by atoms with van der Waals surface area (Å²) in [5.41, 5.74) is 0.452. The number of carbonyl (C=O) groups excluding carboxylic acids is 1. The monoisotopic (exact) mass is 290 g/mol. The van der Waals surface area contributed by atoms with Gasteiger partial charge in [0.2, 0.25) is 0 Å². The maximum absolute atomic E-state index is 12.4. The topological polar surface area (TPSA) is 37.3 Å². The van der Waals surface area contributed by atoms with Crippen molar-refractivity contribution in [3.05, 3.63) is 0 Å². The molecular formula is C19H30O2. The molecule has 0 spiro atoms. The third-order valence-corrected chi connectivity index (χ3v) is 8.35. The Bertz CT molecular complexity index is 458. The summed E-state index contributed by atoms with van der Waals surface area (Å²) in [6.45, 7) is 4.78. The highest BCUT2D eigenvalue weighted by Crippen LogP contribution is 2.65. The third-order valence-electron chi connectivity index (χ3n) is 8.35. The van der Waals surface area contributed by atoms with E-state index in [9.17, 15) is 9.90 Å². The number of hydrogen-bond donors (Lipinski definition) is 1. The maximum Gasteiger partial charge on any atom is 0.139 e. The zero-order chi connectivity index (χ0) is 14.8. The van der Waals surface area contributed by atoms with Crippen molar-refractivity contribution in [3.63, 3.8) is 0 Å². The SMILES string of the molecule is C[C@]12CC[C@@H](O)C[C@H]1CC[C@@H]1C3CCC(=O)[C@@]3(C)CC[C@H]12. The molecule has 7 atom stereocenters. The molecule has 0 aromatic rings. The highest BCUT2D eigenvalue weighted by Gasteiger charge is 2.60. The zero-order valence-corrected chi connectivity index (χ0v) is 13.6. The van der Waals surface area contributed by atoms with E-state index >= 15 is 0 Å². The van der Waals surface area contributed by atoms with Crippen molar-refractivity contribution in [1.82, 2.24) is 0 Å². The molecule has 0 aromatic heterocycles. The minimum Gasteiger partial charge on any atom is -0.393 e. The van der Waals surface area contributed by atoms with Crippen LogP contribution in [0.3, 0.4) is 0 Å². The van der Waals surface area contributed by atoms with E-state index in [4.69, 9.17) is 0 Å². The number of Topliss-reactive ketones (excluding diaryl/α,β-unsaturated/α-hetero) is 1. The van der Waals surface area contributed by atoms with Gasteiger partial charge in [-0.25, -0.2) is 0 Å². The summed E-state index contributed by atoms with van der Waals surface area (Å²) >= 11 is 0. The van der Waals surface area contributed by atoms with E-state index < -0.39 is 0 Å². The van der Waals surface area contributed by atoms with Crippen LogP contribution in [0.4, 0.5) is 0 Å². The van der Waals surface area contributed by atoms with Crippen LogP contribution in [0.15, 0.2) is 0 Å². The molecule has 0 aliphatic heterocycles. The van der Waals surface area contributed by atoms with Crippen LogP contribution in [-0.2, 0) is 4.79 Å². The molecule has 2 heteroatoms. The summed E-state index contributed by atoms with van der Waals surface area (Å²) in [7, 11) is 0. The summed E-state index contributed by atoms with van der Waals surface area (Å²) in [5.74, 6) is 3.54. The molecule has 4 aliphatic rings. The Morgan fingerprint density at radius 3 is 2.62 bits per heavy atom. The lowest BCUT2D eigenvalue weighted by molar-refractivity contribution is -0.142. The molecule has 0 radical (unpaired) electrons. The minimum absolute atomic E-state index is 0.0124. The molecule has 118 valence electrons. The smallest absolute Gasteiger partial charge is 0.139 e. The van der Waals surface area contributed by atoms with Crippen molar-refractivity contribution in [2.24, 2.45) is 34.5 Å². The zero-order valence-electron chi connectivity index (χ0n) is 13.6. The molecule has 0 heterocycles. The van der Waals surface area contributed by atoms with Crippen LogP contribution in [0.25, 0.3) is 0 Å². The lowest BCUT2D eigenvalue weighted by Gasteiger charge is -2.60. The first-order valence-corrected chi connectivity index (χ1v) is 9.16. The molecule has 4 fully saturated rings. The molecule has 4 saturated carbocycles. The minimum atomic E-state index is -0.0541. The van der Waals surface area contributed by atoms with Crippen LogP contribution in [0.2, 0.25) is 0 Å². The number of carbonyl (C=O) groups is 1. The second kappa shape index (κ2) is 4.57. The predicted octanol–water partition coefficient (Wildman–Crippen LogP) is 3.96. The van der Waals surface area contributed by atoms with Gasteiger partial charge in [0.25, 0.3) is 0 Å². The van der Waals surface area contributed by atoms with Crippen LogP contribution in [0, 0.1) is 34.5 Å². The van der Waals surface area contributed by atoms with Crippen molar-refractivity contribution < 1.29 is 9.90 Å². The lowest BCUT2D eigenvalue weighted by Crippen LogP contribution is -2.54. The van der Waals surface area contributed by atoms with E-state index in [1.165, 1.54) is 25.7 Å². The molecule has 0 saturated heterocycles. The fourth-order valence-corrected chi connectivity index (χ4v) is 7.01. The van der Waals surface area contributed by atoms with E-state index in [0.29, 0.717) is 17.1 Å². The van der Waals surface area contributed by atoms with Crippen molar-refractivity contribution in [3.8, 4) is 0 Å². The van der Waals surface area contributed by atoms with Gasteiger partial charge in [0.1, 0.15) is 5.78 Å². The third kappa shape index (κ3) is 1.84. The first kappa shape index (κ1) is 14.2. The van der Waals surface area contributed by atoms with Crippen LogP contribution in [-0.4, -0.2) is 17.0 Å². The first-order chi connectivity index (χ1) is 9.95. The highest BCUT2D eigenvalue weighted by molar-refractivity contribution is 5.87. The largest absolute Gasteiger partial charge is 0.393 e. The quantitative estimate of drug-likeness (QED) is 0.733. The highest BCUT2D eigenvalue weighted by atomic mass is 16.3. The van der Waals surface area contributed by atoms with Gasteiger partial charge in [-0.2, -0.15) is 0 Å². The van der Waals surface area contributed by atoms with Gasteiger partial charge < -0.3 is 5.11 Å². The fraction of sp³-hybridized carbons (Fsp3) is 0.947. The molecule has 21 heavy (non-hydrogen) atoms. The fourth-order valence-electron chi connectivity index (χ4n) is 7.01. The van der Waals surface area contributed by atoms with Crippen molar-refractivity contribution >= 4 is 5.78 Å². The van der Waals surface area contributed by atoms with Gasteiger partial charge in [-0.3, -0.25) is 4.79 Å². The Labute approximate surface area is 128 Å². The Morgan fingerprint density at radius 2 is 1.81 bits per heavy atom. The number of aliphatic hydroxyl groups is 1. The van der Waals surface area contributed by atoms with Crippen molar-refractivity contribution in [2.75, 3.05) is 0 Å². The normalized spacial score (nSPS) is 56.5. The molecule has 4 aliphatic carbocycles. The summed E-state index contributed by atoms with van der Waals surface area (Å²) in [5, 5.41) is 10.0. The number of ketones is 1. The van der Waals surface area contributed by atoms with Gasteiger partial charge in [-0.05, 0) is 80.5 Å². The van der Waals surface area contributed by atoms with Crippen molar-refractivity contribution in [1.29, 1.82) is 0 Å². The standard InChI is InChI=1S/C19H30O2/c1-18-9-7-13(20)11-12(18)3-4-14-15-5-6-17(21)19(15,2)10-8-16(14)18/h12-16,20H,3-11H2,1-2H3/t12-,13-,14-,15?,16-,18+,19+/m1/s1. The average Bonchev–Trinajstić information content (AvgIpc) is 2.76.